The maximum atomic E-state index is 12.4. The Kier molecular flexibility index (Phi) is 6.68. The monoisotopic (exact) mass is 351 g/mol. The van der Waals surface area contributed by atoms with Gasteiger partial charge in [0.1, 0.15) is 0 Å². The topological polar surface area (TPSA) is 20.3 Å². The highest BCUT2D eigenvalue weighted by molar-refractivity contribution is 9.10. The van der Waals surface area contributed by atoms with Crippen molar-refractivity contribution in [2.75, 3.05) is 19.6 Å². The van der Waals surface area contributed by atoms with Crippen LogP contribution in [0.3, 0.4) is 0 Å². The van der Waals surface area contributed by atoms with Gasteiger partial charge in [0.2, 0.25) is 0 Å². The Morgan fingerprint density at radius 3 is 2.30 bits per heavy atom. The molecule has 0 aliphatic carbocycles. The van der Waals surface area contributed by atoms with Gasteiger partial charge in [0, 0.05) is 23.0 Å². The summed E-state index contributed by atoms with van der Waals surface area (Å²) >= 11 is 3.27. The Labute approximate surface area is 125 Å². The lowest BCUT2D eigenvalue weighted by Gasteiger charge is -2.22. The quantitative estimate of drug-likeness (QED) is 0.682. The van der Waals surface area contributed by atoms with Crippen LogP contribution in [0.2, 0.25) is 0 Å². The number of ketones is 1. The van der Waals surface area contributed by atoms with Gasteiger partial charge >= 0.3 is 6.18 Å². The Morgan fingerprint density at radius 2 is 1.80 bits per heavy atom. The average molecular weight is 352 g/mol. The van der Waals surface area contributed by atoms with Crippen LogP contribution in [-0.4, -0.2) is 36.5 Å². The second-order valence-corrected chi connectivity index (χ2v) is 5.49. The van der Waals surface area contributed by atoms with Crippen molar-refractivity contribution in [3.8, 4) is 0 Å². The molecule has 0 N–H and O–H groups in total. The van der Waals surface area contributed by atoms with Crippen LogP contribution in [0.5, 0.6) is 0 Å². The standard InChI is InChI=1S/C14H17BrF3NO/c1-2-8-19(10-14(16,17)18)9-7-13(20)11-3-5-12(15)6-4-11/h3-6H,2,7-10H2,1H3. The van der Waals surface area contributed by atoms with Gasteiger partial charge in [-0.25, -0.2) is 0 Å². The Morgan fingerprint density at radius 1 is 1.20 bits per heavy atom. The molecule has 20 heavy (non-hydrogen) atoms. The molecule has 0 saturated carbocycles. The first kappa shape index (κ1) is 17.2. The third kappa shape index (κ3) is 6.52. The molecule has 0 unspecified atom stereocenters. The van der Waals surface area contributed by atoms with Crippen molar-refractivity contribution < 1.29 is 18.0 Å². The molecule has 0 saturated heterocycles. The molecular weight excluding hydrogens is 335 g/mol. The molecule has 0 aliphatic heterocycles. The Balaban J connectivity index is 2.54. The molecule has 0 amide bonds. The van der Waals surface area contributed by atoms with Crippen molar-refractivity contribution in [1.82, 2.24) is 4.90 Å². The lowest BCUT2D eigenvalue weighted by Crippen LogP contribution is -2.36. The van der Waals surface area contributed by atoms with Gasteiger partial charge in [-0.05, 0) is 25.1 Å². The van der Waals surface area contributed by atoms with Crippen molar-refractivity contribution in [3.05, 3.63) is 34.3 Å². The fourth-order valence-corrected chi connectivity index (χ4v) is 2.14. The summed E-state index contributed by atoms with van der Waals surface area (Å²) in [4.78, 5) is 13.2. The number of halogens is 4. The van der Waals surface area contributed by atoms with Crippen LogP contribution in [0, 0.1) is 0 Å². The summed E-state index contributed by atoms with van der Waals surface area (Å²) in [6.07, 6.45) is -3.50. The predicted octanol–water partition coefficient (Wildman–Crippen LogP) is 4.30. The fourth-order valence-electron chi connectivity index (χ4n) is 1.88. The summed E-state index contributed by atoms with van der Waals surface area (Å²) in [6.45, 7) is 1.32. The van der Waals surface area contributed by atoms with Gasteiger partial charge in [-0.1, -0.05) is 35.0 Å². The van der Waals surface area contributed by atoms with Crippen LogP contribution in [0.1, 0.15) is 30.1 Å². The number of nitrogens with zero attached hydrogens (tertiary/aromatic N) is 1. The third-order valence-corrected chi connectivity index (χ3v) is 3.29. The molecule has 0 aliphatic rings. The average Bonchev–Trinajstić information content (AvgIpc) is 2.35. The zero-order chi connectivity index (χ0) is 15.2. The van der Waals surface area contributed by atoms with Gasteiger partial charge in [-0.15, -0.1) is 0 Å². The van der Waals surface area contributed by atoms with Crippen LogP contribution < -0.4 is 0 Å². The van der Waals surface area contributed by atoms with E-state index >= 15 is 0 Å². The Hall–Kier alpha value is -0.880. The maximum absolute atomic E-state index is 12.4. The first-order valence-corrected chi connectivity index (χ1v) is 7.19. The summed E-state index contributed by atoms with van der Waals surface area (Å²) in [5, 5.41) is 0. The molecule has 0 heterocycles. The summed E-state index contributed by atoms with van der Waals surface area (Å²) in [6, 6.07) is 6.82. The SMILES string of the molecule is CCCN(CCC(=O)c1ccc(Br)cc1)CC(F)(F)F. The highest BCUT2D eigenvalue weighted by Crippen LogP contribution is 2.17. The molecule has 0 bridgehead atoms. The van der Waals surface area contributed by atoms with E-state index in [0.29, 0.717) is 18.5 Å². The van der Waals surface area contributed by atoms with Crippen molar-refractivity contribution in [2.24, 2.45) is 0 Å². The number of Topliss-reactive ketones (excluding diaryl/α,β-unsaturated/α-hetero) is 1. The van der Waals surface area contributed by atoms with Crippen LogP contribution in [0.15, 0.2) is 28.7 Å². The van der Waals surface area contributed by atoms with Crippen molar-refractivity contribution in [1.29, 1.82) is 0 Å². The van der Waals surface area contributed by atoms with Crippen molar-refractivity contribution in [2.45, 2.75) is 25.9 Å². The maximum Gasteiger partial charge on any atom is 0.401 e. The van der Waals surface area contributed by atoms with Gasteiger partial charge in [-0.2, -0.15) is 13.2 Å². The highest BCUT2D eigenvalue weighted by Gasteiger charge is 2.30. The van der Waals surface area contributed by atoms with Crippen LogP contribution in [0.25, 0.3) is 0 Å². The minimum Gasteiger partial charge on any atom is -0.295 e. The van der Waals surface area contributed by atoms with E-state index in [-0.39, 0.29) is 18.7 Å². The number of hydrogen-bond acceptors (Lipinski definition) is 2. The predicted molar refractivity (Wildman–Crippen MR) is 75.9 cm³/mol. The molecule has 0 radical (unpaired) electrons. The number of benzene rings is 1. The molecule has 0 aromatic heterocycles. The van der Waals surface area contributed by atoms with E-state index in [9.17, 15) is 18.0 Å². The minimum absolute atomic E-state index is 0.0950. The van der Waals surface area contributed by atoms with Crippen molar-refractivity contribution >= 4 is 21.7 Å². The van der Waals surface area contributed by atoms with E-state index < -0.39 is 12.7 Å². The first-order chi connectivity index (χ1) is 9.31. The van der Waals surface area contributed by atoms with E-state index in [4.69, 9.17) is 0 Å². The second-order valence-electron chi connectivity index (χ2n) is 4.57. The number of carbonyl (C=O) groups is 1. The molecule has 0 spiro atoms. The largest absolute Gasteiger partial charge is 0.401 e. The molecular formula is C14H17BrF3NO. The summed E-state index contributed by atoms with van der Waals surface area (Å²) in [5.41, 5.74) is 0.525. The molecule has 112 valence electrons. The van der Waals surface area contributed by atoms with Crippen LogP contribution >= 0.6 is 15.9 Å². The third-order valence-electron chi connectivity index (χ3n) is 2.76. The molecule has 6 heteroatoms. The highest BCUT2D eigenvalue weighted by atomic mass is 79.9. The minimum atomic E-state index is -4.23. The zero-order valence-electron chi connectivity index (χ0n) is 11.2. The van der Waals surface area contributed by atoms with Gasteiger partial charge in [0.15, 0.2) is 5.78 Å². The Bertz CT molecular complexity index is 431. The normalized spacial score (nSPS) is 11.9. The number of rotatable bonds is 7. The van der Waals surface area contributed by atoms with E-state index in [0.717, 1.165) is 4.47 Å². The van der Waals surface area contributed by atoms with E-state index in [1.54, 1.807) is 24.3 Å². The molecule has 0 fully saturated rings. The second kappa shape index (κ2) is 7.78. The number of hydrogen-bond donors (Lipinski definition) is 0. The lowest BCUT2D eigenvalue weighted by atomic mass is 10.1. The van der Waals surface area contributed by atoms with Gasteiger partial charge in [-0.3, -0.25) is 9.69 Å². The lowest BCUT2D eigenvalue weighted by molar-refractivity contribution is -0.145. The number of alkyl halides is 3. The zero-order valence-corrected chi connectivity index (χ0v) is 12.8. The van der Waals surface area contributed by atoms with Gasteiger partial charge in [0.05, 0.1) is 6.54 Å². The van der Waals surface area contributed by atoms with Crippen molar-refractivity contribution in [3.63, 3.8) is 0 Å². The van der Waals surface area contributed by atoms with Crippen LogP contribution in [0.4, 0.5) is 13.2 Å². The first-order valence-electron chi connectivity index (χ1n) is 6.39. The summed E-state index contributed by atoms with van der Waals surface area (Å²) < 4.78 is 38.0. The fraction of sp³-hybridized carbons (Fsp3) is 0.500. The number of carbonyl (C=O) groups excluding carboxylic acids is 1. The molecule has 1 rings (SSSR count). The molecule has 1 aromatic rings. The van der Waals surface area contributed by atoms with E-state index in [1.165, 1.54) is 4.90 Å². The summed E-state index contributed by atoms with van der Waals surface area (Å²) in [7, 11) is 0. The summed E-state index contributed by atoms with van der Waals surface area (Å²) in [5.74, 6) is -0.138. The molecule has 2 nitrogen and oxygen atoms in total. The van der Waals surface area contributed by atoms with E-state index in [2.05, 4.69) is 15.9 Å². The molecule has 1 aromatic carbocycles. The smallest absolute Gasteiger partial charge is 0.295 e. The van der Waals surface area contributed by atoms with Gasteiger partial charge < -0.3 is 0 Å². The van der Waals surface area contributed by atoms with Crippen LogP contribution in [-0.2, 0) is 0 Å². The molecule has 0 atom stereocenters. The van der Waals surface area contributed by atoms with E-state index in [1.807, 2.05) is 6.92 Å². The van der Waals surface area contributed by atoms with Gasteiger partial charge in [0.25, 0.3) is 0 Å².